The van der Waals surface area contributed by atoms with Crippen LogP contribution in [-0.2, 0) is 0 Å². The van der Waals surface area contributed by atoms with E-state index < -0.39 is 0 Å². The van der Waals surface area contributed by atoms with Gasteiger partial charge in [0.05, 0.1) is 16.8 Å². The van der Waals surface area contributed by atoms with Crippen LogP contribution in [0.5, 0.6) is 0 Å². The van der Waals surface area contributed by atoms with E-state index in [1.165, 1.54) is 27.8 Å². The average molecular weight is 806 g/mol. The van der Waals surface area contributed by atoms with Gasteiger partial charge in [0.1, 0.15) is 22.3 Å². The summed E-state index contributed by atoms with van der Waals surface area (Å²) in [5.74, 6) is 0. The van der Waals surface area contributed by atoms with Crippen LogP contribution in [0.4, 0.5) is 17.1 Å². The van der Waals surface area contributed by atoms with E-state index in [-0.39, 0.29) is 0 Å². The first-order valence-electron chi connectivity index (χ1n) is 21.4. The maximum atomic E-state index is 6.58. The molecule has 0 aliphatic rings. The van der Waals surface area contributed by atoms with Gasteiger partial charge in [-0.2, -0.15) is 0 Å². The fourth-order valence-corrected chi connectivity index (χ4v) is 9.43. The van der Waals surface area contributed by atoms with Crippen LogP contribution in [0.2, 0.25) is 0 Å². The maximum absolute atomic E-state index is 6.58. The number of rotatable bonds is 8. The minimum absolute atomic E-state index is 0.840. The molecule has 0 amide bonds. The molecule has 0 N–H and O–H groups in total. The van der Waals surface area contributed by atoms with Crippen molar-refractivity contribution in [2.24, 2.45) is 0 Å². The van der Waals surface area contributed by atoms with E-state index in [1.54, 1.807) is 0 Å². The number of benzene rings is 10. The zero-order chi connectivity index (χ0) is 41.7. The minimum atomic E-state index is 0.840. The lowest BCUT2D eigenvalue weighted by atomic mass is 9.88. The van der Waals surface area contributed by atoms with Gasteiger partial charge in [-0.25, -0.2) is 0 Å². The standard InChI is InChI=1S/C60H39NO2/c1-2-17-40(18-3-1)41-35-37-42(38-36-41)45-21-4-5-22-47(45)48-23-6-7-24-49(48)50-25-8-11-30-54(50)61(55-31-16-34-58-59(55)53-27-10-13-33-57(53)62-58)44-20-14-19-43(39-44)46-28-15-29-52-51-26-9-12-32-56(51)63-60(46)52/h1-39H. The molecule has 12 aromatic rings. The summed E-state index contributed by atoms with van der Waals surface area (Å²) in [5.41, 5.74) is 18.0. The summed E-state index contributed by atoms with van der Waals surface area (Å²) in [5, 5.41) is 4.35. The number of para-hydroxylation sites is 4. The van der Waals surface area contributed by atoms with Crippen molar-refractivity contribution in [2.75, 3.05) is 4.90 Å². The second-order valence-electron chi connectivity index (χ2n) is 16.0. The Kier molecular flexibility index (Phi) is 8.83. The molecule has 10 aromatic carbocycles. The Morgan fingerprint density at radius 1 is 0.270 bits per heavy atom. The van der Waals surface area contributed by atoms with E-state index in [2.05, 4.69) is 223 Å². The first kappa shape index (κ1) is 36.5. The van der Waals surface area contributed by atoms with Gasteiger partial charge in [0.15, 0.2) is 0 Å². The molecule has 0 unspecified atom stereocenters. The van der Waals surface area contributed by atoms with Gasteiger partial charge in [0.2, 0.25) is 0 Å². The molecule has 63 heavy (non-hydrogen) atoms. The fourth-order valence-electron chi connectivity index (χ4n) is 9.43. The second kappa shape index (κ2) is 15.3. The van der Waals surface area contributed by atoms with Gasteiger partial charge in [-0.15, -0.1) is 0 Å². The van der Waals surface area contributed by atoms with E-state index in [0.29, 0.717) is 0 Å². The van der Waals surface area contributed by atoms with Gasteiger partial charge >= 0.3 is 0 Å². The highest BCUT2D eigenvalue weighted by Crippen LogP contribution is 2.49. The van der Waals surface area contributed by atoms with Crippen LogP contribution in [0.25, 0.3) is 99.5 Å². The Bertz CT molecular complexity index is 3630. The van der Waals surface area contributed by atoms with Crippen molar-refractivity contribution in [1.29, 1.82) is 0 Å². The highest BCUT2D eigenvalue weighted by Gasteiger charge is 2.24. The summed E-state index contributed by atoms with van der Waals surface area (Å²) in [6, 6.07) is 84.1. The number of fused-ring (bicyclic) bond motifs is 6. The van der Waals surface area contributed by atoms with Gasteiger partial charge in [0, 0.05) is 33.0 Å². The molecule has 0 saturated carbocycles. The summed E-state index contributed by atoms with van der Waals surface area (Å²) in [6.07, 6.45) is 0. The first-order chi connectivity index (χ1) is 31.3. The largest absolute Gasteiger partial charge is 0.456 e. The highest BCUT2D eigenvalue weighted by molar-refractivity contribution is 6.14. The molecule has 2 heterocycles. The van der Waals surface area contributed by atoms with Gasteiger partial charge in [-0.3, -0.25) is 0 Å². The molecule has 296 valence electrons. The minimum Gasteiger partial charge on any atom is -0.456 e. The Labute approximate surface area is 365 Å². The zero-order valence-electron chi connectivity index (χ0n) is 34.3. The summed E-state index contributed by atoms with van der Waals surface area (Å²) in [6.45, 7) is 0. The molecular formula is C60H39NO2. The summed E-state index contributed by atoms with van der Waals surface area (Å²) < 4.78 is 13.1. The van der Waals surface area contributed by atoms with Crippen LogP contribution in [-0.4, -0.2) is 0 Å². The van der Waals surface area contributed by atoms with Crippen molar-refractivity contribution < 1.29 is 8.83 Å². The molecule has 2 aromatic heterocycles. The first-order valence-corrected chi connectivity index (χ1v) is 21.4. The van der Waals surface area contributed by atoms with E-state index in [1.807, 2.05) is 18.2 Å². The third-order valence-corrected chi connectivity index (χ3v) is 12.3. The number of nitrogens with zero attached hydrogens (tertiary/aromatic N) is 1. The Morgan fingerprint density at radius 3 is 1.56 bits per heavy atom. The van der Waals surface area contributed by atoms with Gasteiger partial charge in [-0.1, -0.05) is 194 Å². The molecule has 0 aliphatic heterocycles. The van der Waals surface area contributed by atoms with Crippen LogP contribution in [0.3, 0.4) is 0 Å². The Hall–Kier alpha value is -8.40. The quantitative estimate of drug-likeness (QED) is 0.153. The average Bonchev–Trinajstić information content (AvgIpc) is 3.94. The smallest absolute Gasteiger partial charge is 0.143 e. The van der Waals surface area contributed by atoms with Crippen molar-refractivity contribution in [3.63, 3.8) is 0 Å². The second-order valence-corrected chi connectivity index (χ2v) is 16.0. The van der Waals surface area contributed by atoms with Crippen LogP contribution >= 0.6 is 0 Å². The molecule has 0 atom stereocenters. The Balaban J connectivity index is 1.06. The number of hydrogen-bond donors (Lipinski definition) is 0. The normalized spacial score (nSPS) is 11.5. The molecular weight excluding hydrogens is 767 g/mol. The monoisotopic (exact) mass is 805 g/mol. The predicted octanol–water partition coefficient (Wildman–Crippen LogP) is 17.3. The van der Waals surface area contributed by atoms with Crippen LogP contribution in [0.1, 0.15) is 0 Å². The van der Waals surface area contributed by atoms with Gasteiger partial charge in [-0.05, 0) is 87.0 Å². The number of anilines is 3. The van der Waals surface area contributed by atoms with Crippen molar-refractivity contribution in [1.82, 2.24) is 0 Å². The number of furan rings is 2. The predicted molar refractivity (Wildman–Crippen MR) is 263 cm³/mol. The molecule has 0 radical (unpaired) electrons. The third kappa shape index (κ3) is 6.29. The van der Waals surface area contributed by atoms with Crippen molar-refractivity contribution >= 4 is 60.9 Å². The molecule has 3 heteroatoms. The molecule has 0 bridgehead atoms. The van der Waals surface area contributed by atoms with Crippen LogP contribution in [0, 0.1) is 0 Å². The van der Waals surface area contributed by atoms with Crippen molar-refractivity contribution in [3.05, 3.63) is 237 Å². The summed E-state index contributed by atoms with van der Waals surface area (Å²) in [4.78, 5) is 2.41. The summed E-state index contributed by atoms with van der Waals surface area (Å²) in [7, 11) is 0. The van der Waals surface area contributed by atoms with E-state index in [9.17, 15) is 0 Å². The molecule has 0 fully saturated rings. The van der Waals surface area contributed by atoms with Gasteiger partial charge in [0.25, 0.3) is 0 Å². The fraction of sp³-hybridized carbons (Fsp3) is 0. The molecule has 0 aliphatic carbocycles. The third-order valence-electron chi connectivity index (χ3n) is 12.3. The Morgan fingerprint density at radius 2 is 0.762 bits per heavy atom. The van der Waals surface area contributed by atoms with Crippen LogP contribution in [0.15, 0.2) is 245 Å². The summed E-state index contributed by atoms with van der Waals surface area (Å²) >= 11 is 0. The lowest BCUT2D eigenvalue weighted by molar-refractivity contribution is 0.669. The molecule has 0 saturated heterocycles. The van der Waals surface area contributed by atoms with Crippen molar-refractivity contribution in [2.45, 2.75) is 0 Å². The zero-order valence-corrected chi connectivity index (χ0v) is 34.3. The number of hydrogen-bond acceptors (Lipinski definition) is 3. The SMILES string of the molecule is c1ccc(-c2ccc(-c3ccccc3-c3ccccc3-c3ccccc3N(c3cccc(-c4cccc5c4oc4ccccc45)c3)c3cccc4oc5ccccc5c34)cc2)cc1. The molecule has 12 rings (SSSR count). The van der Waals surface area contributed by atoms with Crippen molar-refractivity contribution in [3.8, 4) is 55.6 Å². The topological polar surface area (TPSA) is 29.5 Å². The lowest BCUT2D eigenvalue weighted by Crippen LogP contribution is -2.12. The van der Waals surface area contributed by atoms with E-state index in [0.717, 1.165) is 88.8 Å². The maximum Gasteiger partial charge on any atom is 0.143 e. The van der Waals surface area contributed by atoms with E-state index in [4.69, 9.17) is 8.83 Å². The van der Waals surface area contributed by atoms with Crippen LogP contribution < -0.4 is 4.90 Å². The lowest BCUT2D eigenvalue weighted by Gasteiger charge is -2.29. The molecule has 0 spiro atoms. The highest BCUT2D eigenvalue weighted by atomic mass is 16.3. The molecule has 3 nitrogen and oxygen atoms in total. The van der Waals surface area contributed by atoms with E-state index >= 15 is 0 Å². The van der Waals surface area contributed by atoms with Gasteiger partial charge < -0.3 is 13.7 Å².